The minimum Gasteiger partial charge on any atom is -0.315 e. The number of hydrogen-bond acceptors (Lipinski definition) is 2. The minimum atomic E-state index is 0.158. The number of carbonyl (C=O) groups is 1. The molecule has 1 fully saturated rings. The van der Waals surface area contributed by atoms with Crippen LogP contribution in [0.3, 0.4) is 0 Å². The van der Waals surface area contributed by atoms with Gasteiger partial charge in [-0.15, -0.1) is 0 Å². The zero-order chi connectivity index (χ0) is 13.1. The summed E-state index contributed by atoms with van der Waals surface area (Å²) < 4.78 is 0. The number of nitriles is 1. The molecule has 1 aromatic rings. The van der Waals surface area contributed by atoms with Crippen LogP contribution in [0.25, 0.3) is 0 Å². The van der Waals surface area contributed by atoms with Gasteiger partial charge in [-0.1, -0.05) is 13.3 Å². The molecule has 2 atom stereocenters. The van der Waals surface area contributed by atoms with Crippen molar-refractivity contribution in [2.24, 2.45) is 11.8 Å². The molecule has 3 nitrogen and oxygen atoms in total. The van der Waals surface area contributed by atoms with Gasteiger partial charge >= 0.3 is 0 Å². The Morgan fingerprint density at radius 2 is 2.00 bits per heavy atom. The fourth-order valence-electron chi connectivity index (χ4n) is 2.65. The van der Waals surface area contributed by atoms with Crippen molar-refractivity contribution in [3.05, 3.63) is 29.8 Å². The smallest absolute Gasteiger partial charge is 0.230 e. The molecule has 0 radical (unpaired) electrons. The molecule has 0 bridgehead atoms. The average molecular weight is 242 g/mol. The van der Waals surface area contributed by atoms with Gasteiger partial charge in [0.1, 0.15) is 0 Å². The molecule has 0 heterocycles. The number of hydrogen-bond donors (Lipinski definition) is 0. The van der Waals surface area contributed by atoms with E-state index in [4.69, 9.17) is 5.26 Å². The SMILES string of the molecule is CC1CCCC1C(=O)N(C)c1ccc(C#N)cc1. The lowest BCUT2D eigenvalue weighted by Gasteiger charge is -2.23. The number of nitrogens with zero attached hydrogens (tertiary/aromatic N) is 2. The Morgan fingerprint density at radius 1 is 1.33 bits per heavy atom. The molecular formula is C15H18N2O. The van der Waals surface area contributed by atoms with E-state index in [0.717, 1.165) is 24.9 Å². The molecule has 3 heteroatoms. The fraction of sp³-hybridized carbons (Fsp3) is 0.467. The lowest BCUT2D eigenvalue weighted by molar-refractivity contribution is -0.122. The van der Waals surface area contributed by atoms with E-state index in [2.05, 4.69) is 13.0 Å². The Morgan fingerprint density at radius 3 is 2.50 bits per heavy atom. The van der Waals surface area contributed by atoms with Crippen molar-refractivity contribution in [2.45, 2.75) is 26.2 Å². The summed E-state index contributed by atoms with van der Waals surface area (Å²) in [6, 6.07) is 9.23. The molecule has 1 aliphatic carbocycles. The van der Waals surface area contributed by atoms with Crippen LogP contribution in [-0.2, 0) is 4.79 Å². The second-order valence-corrected chi connectivity index (χ2v) is 5.07. The van der Waals surface area contributed by atoms with Crippen molar-refractivity contribution < 1.29 is 4.79 Å². The first-order valence-corrected chi connectivity index (χ1v) is 6.41. The molecule has 0 spiro atoms. The van der Waals surface area contributed by atoms with Gasteiger partial charge in [0, 0.05) is 18.7 Å². The third kappa shape index (κ3) is 2.38. The van der Waals surface area contributed by atoms with E-state index in [-0.39, 0.29) is 11.8 Å². The Labute approximate surface area is 108 Å². The minimum absolute atomic E-state index is 0.158. The maximum atomic E-state index is 12.4. The molecule has 2 rings (SSSR count). The van der Waals surface area contributed by atoms with E-state index in [1.54, 1.807) is 17.0 Å². The third-order valence-corrected chi connectivity index (χ3v) is 3.89. The van der Waals surface area contributed by atoms with Crippen LogP contribution in [0.1, 0.15) is 31.7 Å². The summed E-state index contributed by atoms with van der Waals surface area (Å²) in [6.07, 6.45) is 3.30. The molecule has 18 heavy (non-hydrogen) atoms. The van der Waals surface area contributed by atoms with Gasteiger partial charge in [-0.05, 0) is 43.0 Å². The molecule has 0 N–H and O–H groups in total. The van der Waals surface area contributed by atoms with E-state index < -0.39 is 0 Å². The fourth-order valence-corrected chi connectivity index (χ4v) is 2.65. The van der Waals surface area contributed by atoms with Crippen LogP contribution in [-0.4, -0.2) is 13.0 Å². The Bertz CT molecular complexity index is 472. The molecule has 94 valence electrons. The van der Waals surface area contributed by atoms with Crippen LogP contribution >= 0.6 is 0 Å². The monoisotopic (exact) mass is 242 g/mol. The number of carbonyl (C=O) groups excluding carboxylic acids is 1. The molecule has 1 aromatic carbocycles. The summed E-state index contributed by atoms with van der Waals surface area (Å²) >= 11 is 0. The summed E-state index contributed by atoms with van der Waals surface area (Å²) in [5.74, 6) is 0.841. The van der Waals surface area contributed by atoms with Crippen LogP contribution in [0.4, 0.5) is 5.69 Å². The Kier molecular flexibility index (Phi) is 3.66. The third-order valence-electron chi connectivity index (χ3n) is 3.89. The topological polar surface area (TPSA) is 44.1 Å². The second-order valence-electron chi connectivity index (χ2n) is 5.07. The summed E-state index contributed by atoms with van der Waals surface area (Å²) in [4.78, 5) is 14.1. The highest BCUT2D eigenvalue weighted by Crippen LogP contribution is 2.33. The summed E-state index contributed by atoms with van der Waals surface area (Å²) in [7, 11) is 1.81. The highest BCUT2D eigenvalue weighted by molar-refractivity contribution is 5.94. The lowest BCUT2D eigenvalue weighted by atomic mass is 9.96. The maximum Gasteiger partial charge on any atom is 0.230 e. The predicted molar refractivity (Wildman–Crippen MR) is 71.1 cm³/mol. The Hall–Kier alpha value is -1.82. The van der Waals surface area contributed by atoms with E-state index in [1.165, 1.54) is 0 Å². The number of rotatable bonds is 2. The molecule has 0 aliphatic heterocycles. The molecule has 1 aliphatic rings. The second kappa shape index (κ2) is 5.22. The largest absolute Gasteiger partial charge is 0.315 e. The lowest BCUT2D eigenvalue weighted by Crippen LogP contribution is -2.34. The van der Waals surface area contributed by atoms with Crippen molar-refractivity contribution in [3.63, 3.8) is 0 Å². The van der Waals surface area contributed by atoms with Gasteiger partial charge in [0.15, 0.2) is 0 Å². The number of amides is 1. The van der Waals surface area contributed by atoms with Crippen LogP contribution in [0, 0.1) is 23.2 Å². The van der Waals surface area contributed by atoms with Crippen LogP contribution < -0.4 is 4.90 Å². The summed E-state index contributed by atoms with van der Waals surface area (Å²) in [5, 5.41) is 8.75. The van der Waals surface area contributed by atoms with Crippen LogP contribution in [0.15, 0.2) is 24.3 Å². The van der Waals surface area contributed by atoms with Gasteiger partial charge in [0.2, 0.25) is 5.91 Å². The standard InChI is InChI=1S/C15H18N2O/c1-11-4-3-5-14(11)15(18)17(2)13-8-6-12(10-16)7-9-13/h6-9,11,14H,3-5H2,1-2H3. The van der Waals surface area contributed by atoms with E-state index >= 15 is 0 Å². The van der Waals surface area contributed by atoms with Gasteiger partial charge in [-0.2, -0.15) is 5.26 Å². The number of benzene rings is 1. The highest BCUT2D eigenvalue weighted by Gasteiger charge is 2.31. The summed E-state index contributed by atoms with van der Waals surface area (Å²) in [5.41, 5.74) is 1.48. The average Bonchev–Trinajstić information content (AvgIpc) is 2.83. The van der Waals surface area contributed by atoms with E-state index in [0.29, 0.717) is 11.5 Å². The van der Waals surface area contributed by atoms with Gasteiger partial charge in [-0.3, -0.25) is 4.79 Å². The normalized spacial score (nSPS) is 22.5. The van der Waals surface area contributed by atoms with Crippen LogP contribution in [0.5, 0.6) is 0 Å². The van der Waals surface area contributed by atoms with Gasteiger partial charge in [0.25, 0.3) is 0 Å². The molecular weight excluding hydrogens is 224 g/mol. The van der Waals surface area contributed by atoms with Crippen molar-refractivity contribution >= 4 is 11.6 Å². The quantitative estimate of drug-likeness (QED) is 0.800. The zero-order valence-electron chi connectivity index (χ0n) is 10.9. The molecule has 0 saturated heterocycles. The van der Waals surface area contributed by atoms with Gasteiger partial charge in [-0.25, -0.2) is 0 Å². The van der Waals surface area contributed by atoms with E-state index in [1.807, 2.05) is 19.2 Å². The highest BCUT2D eigenvalue weighted by atomic mass is 16.2. The van der Waals surface area contributed by atoms with Crippen LogP contribution in [0.2, 0.25) is 0 Å². The first-order chi connectivity index (χ1) is 8.63. The van der Waals surface area contributed by atoms with Crippen molar-refractivity contribution in [2.75, 3.05) is 11.9 Å². The zero-order valence-corrected chi connectivity index (χ0v) is 10.9. The van der Waals surface area contributed by atoms with Gasteiger partial charge in [0.05, 0.1) is 11.6 Å². The summed E-state index contributed by atoms with van der Waals surface area (Å²) in [6.45, 7) is 2.15. The molecule has 1 amide bonds. The first kappa shape index (κ1) is 12.6. The molecule has 1 saturated carbocycles. The van der Waals surface area contributed by atoms with Crippen molar-refractivity contribution in [1.29, 1.82) is 5.26 Å². The van der Waals surface area contributed by atoms with Gasteiger partial charge < -0.3 is 4.90 Å². The first-order valence-electron chi connectivity index (χ1n) is 6.41. The van der Waals surface area contributed by atoms with E-state index in [9.17, 15) is 4.79 Å². The van der Waals surface area contributed by atoms with Crippen molar-refractivity contribution in [1.82, 2.24) is 0 Å². The molecule has 2 unspecified atom stereocenters. The predicted octanol–water partition coefficient (Wildman–Crippen LogP) is 2.96. The Balaban J connectivity index is 2.12. The molecule has 0 aromatic heterocycles. The number of anilines is 1. The maximum absolute atomic E-state index is 12.4. The van der Waals surface area contributed by atoms with Crippen molar-refractivity contribution in [3.8, 4) is 6.07 Å².